The monoisotopic (exact) mass is 436 g/mol. The number of ether oxygens (including phenoxy) is 1. The summed E-state index contributed by atoms with van der Waals surface area (Å²) in [5, 5.41) is 1.23. The molecule has 0 atom stereocenters. The molecule has 0 unspecified atom stereocenters. The van der Waals surface area contributed by atoms with E-state index in [0.29, 0.717) is 34.9 Å². The second kappa shape index (κ2) is 9.75. The van der Waals surface area contributed by atoms with E-state index < -0.39 is 0 Å². The van der Waals surface area contributed by atoms with Crippen molar-refractivity contribution in [3.63, 3.8) is 0 Å². The van der Waals surface area contributed by atoms with Gasteiger partial charge in [-0.3, -0.25) is 9.36 Å². The molecule has 0 aliphatic heterocycles. The Labute approximate surface area is 184 Å². The second-order valence-corrected chi connectivity index (χ2v) is 7.69. The number of nitrogens with zero attached hydrogens (tertiary/aromatic N) is 2. The molecule has 4 nitrogen and oxygen atoms in total. The largest absolute Gasteiger partial charge is 0.491 e. The number of aromatic nitrogens is 2. The van der Waals surface area contributed by atoms with Crippen LogP contribution < -0.4 is 10.3 Å². The maximum Gasteiger partial charge on any atom is 0.261 e. The lowest BCUT2D eigenvalue weighted by molar-refractivity contribution is 0.289. The van der Waals surface area contributed by atoms with Crippen molar-refractivity contribution in [1.29, 1.82) is 0 Å². The highest BCUT2D eigenvalue weighted by Crippen LogP contribution is 2.22. The van der Waals surface area contributed by atoms with Crippen LogP contribution in [0.3, 0.4) is 0 Å². The van der Waals surface area contributed by atoms with Gasteiger partial charge >= 0.3 is 0 Å². The number of hydrogen-bond donors (Lipinski definition) is 0. The number of halogens is 2. The van der Waals surface area contributed by atoms with Crippen LogP contribution in [0.25, 0.3) is 22.3 Å². The van der Waals surface area contributed by atoms with E-state index in [1.54, 1.807) is 41.0 Å². The molecule has 0 amide bonds. The summed E-state index contributed by atoms with van der Waals surface area (Å²) in [5.41, 5.74) is 1.46. The van der Waals surface area contributed by atoms with Crippen molar-refractivity contribution in [3.05, 3.63) is 94.0 Å². The molecule has 0 saturated carbocycles. The molecule has 4 aromatic rings. The summed E-state index contributed by atoms with van der Waals surface area (Å²) < 4.78 is 20.8. The fourth-order valence-electron chi connectivity index (χ4n) is 3.49. The number of unbranched alkanes of at least 4 members (excludes halogenated alkanes) is 2. The molecule has 0 saturated heterocycles. The second-order valence-electron chi connectivity index (χ2n) is 7.26. The van der Waals surface area contributed by atoms with Crippen molar-refractivity contribution in [2.75, 3.05) is 6.61 Å². The SMILES string of the molecule is O=c1c2ccccc2nc(-c2ccc(Cl)cc2)n1CCCCCOc1ccccc1F. The lowest BCUT2D eigenvalue weighted by atomic mass is 10.1. The predicted molar refractivity (Wildman–Crippen MR) is 122 cm³/mol. The first kappa shape index (κ1) is 21.1. The number of benzene rings is 3. The van der Waals surface area contributed by atoms with Crippen molar-refractivity contribution in [3.8, 4) is 17.1 Å². The highest BCUT2D eigenvalue weighted by Gasteiger charge is 2.12. The Kier molecular flexibility index (Phi) is 6.63. The standard InChI is InChI=1S/C25H22ClFN2O2/c26-19-14-12-18(13-15-19)24-28-22-10-4-2-8-20(22)25(30)29(24)16-6-1-7-17-31-23-11-5-3-9-21(23)27/h2-5,8-15H,1,6-7,16-17H2. The van der Waals surface area contributed by atoms with Crippen LogP contribution in [0.15, 0.2) is 77.6 Å². The molecule has 0 aliphatic carbocycles. The third-order valence-corrected chi connectivity index (χ3v) is 5.34. The molecular weight excluding hydrogens is 415 g/mol. The summed E-state index contributed by atoms with van der Waals surface area (Å²) in [5.74, 6) is 0.536. The molecule has 31 heavy (non-hydrogen) atoms. The summed E-state index contributed by atoms with van der Waals surface area (Å²) in [6.07, 6.45) is 2.38. The number of fused-ring (bicyclic) bond motifs is 1. The van der Waals surface area contributed by atoms with Crippen molar-refractivity contribution in [1.82, 2.24) is 9.55 Å². The zero-order chi connectivity index (χ0) is 21.6. The van der Waals surface area contributed by atoms with Gasteiger partial charge in [-0.05, 0) is 67.8 Å². The molecule has 1 aromatic heterocycles. The molecule has 1 heterocycles. The maximum absolute atomic E-state index is 13.6. The van der Waals surface area contributed by atoms with Crippen LogP contribution in [0.4, 0.5) is 4.39 Å². The molecule has 6 heteroatoms. The first-order valence-corrected chi connectivity index (χ1v) is 10.6. The molecular formula is C25H22ClFN2O2. The summed E-state index contributed by atoms with van der Waals surface area (Å²) in [6, 6.07) is 21.1. The van der Waals surface area contributed by atoms with Gasteiger partial charge in [0, 0.05) is 17.1 Å². The third-order valence-electron chi connectivity index (χ3n) is 5.08. The smallest absolute Gasteiger partial charge is 0.261 e. The van der Waals surface area contributed by atoms with Crippen LogP contribution in [-0.2, 0) is 6.54 Å². The number of hydrogen-bond acceptors (Lipinski definition) is 3. The first-order chi connectivity index (χ1) is 15.1. The van der Waals surface area contributed by atoms with E-state index in [-0.39, 0.29) is 17.1 Å². The van der Waals surface area contributed by atoms with Crippen LogP contribution in [0.5, 0.6) is 5.75 Å². The Balaban J connectivity index is 1.48. The highest BCUT2D eigenvalue weighted by molar-refractivity contribution is 6.30. The van der Waals surface area contributed by atoms with Gasteiger partial charge in [0.05, 0.1) is 17.5 Å². The van der Waals surface area contributed by atoms with Crippen molar-refractivity contribution in [2.45, 2.75) is 25.8 Å². The summed E-state index contributed by atoms with van der Waals surface area (Å²) in [6.45, 7) is 0.962. The number of para-hydroxylation sites is 2. The van der Waals surface area contributed by atoms with E-state index in [1.807, 2.05) is 30.3 Å². The van der Waals surface area contributed by atoms with Gasteiger partial charge in [0.1, 0.15) is 5.82 Å². The van der Waals surface area contributed by atoms with Gasteiger partial charge in [0.2, 0.25) is 0 Å². The van der Waals surface area contributed by atoms with Gasteiger partial charge < -0.3 is 4.74 Å². The molecule has 0 bridgehead atoms. The summed E-state index contributed by atoms with van der Waals surface area (Å²) in [7, 11) is 0. The Hall–Kier alpha value is -3.18. The van der Waals surface area contributed by atoms with E-state index in [1.165, 1.54) is 6.07 Å². The van der Waals surface area contributed by atoms with Gasteiger partial charge in [0.25, 0.3) is 5.56 Å². The minimum atomic E-state index is -0.358. The molecule has 158 valence electrons. The van der Waals surface area contributed by atoms with E-state index in [4.69, 9.17) is 21.3 Å². The van der Waals surface area contributed by atoms with E-state index in [2.05, 4.69) is 0 Å². The Morgan fingerprint density at radius 3 is 2.45 bits per heavy atom. The topological polar surface area (TPSA) is 44.1 Å². The molecule has 0 fully saturated rings. The van der Waals surface area contributed by atoms with Crippen LogP contribution >= 0.6 is 11.6 Å². The summed E-state index contributed by atoms with van der Waals surface area (Å²) >= 11 is 6.03. The highest BCUT2D eigenvalue weighted by atomic mass is 35.5. The van der Waals surface area contributed by atoms with E-state index in [0.717, 1.165) is 24.8 Å². The quantitative estimate of drug-likeness (QED) is 0.313. The third kappa shape index (κ3) is 4.94. The van der Waals surface area contributed by atoms with E-state index >= 15 is 0 Å². The minimum absolute atomic E-state index is 0.0573. The molecule has 0 radical (unpaired) electrons. The van der Waals surface area contributed by atoms with Crippen LogP contribution in [0.2, 0.25) is 5.02 Å². The average Bonchev–Trinajstić information content (AvgIpc) is 2.79. The maximum atomic E-state index is 13.6. The normalized spacial score (nSPS) is 11.0. The van der Waals surface area contributed by atoms with Crippen molar-refractivity contribution in [2.24, 2.45) is 0 Å². The summed E-state index contributed by atoms with van der Waals surface area (Å²) in [4.78, 5) is 17.9. The van der Waals surface area contributed by atoms with Crippen LogP contribution in [-0.4, -0.2) is 16.2 Å². The minimum Gasteiger partial charge on any atom is -0.491 e. The Bertz CT molecular complexity index is 1240. The molecule has 4 rings (SSSR count). The predicted octanol–water partition coefficient (Wildman–Crippen LogP) is 6.11. The molecule has 0 N–H and O–H groups in total. The van der Waals surface area contributed by atoms with E-state index in [9.17, 15) is 9.18 Å². The van der Waals surface area contributed by atoms with Crippen LogP contribution in [0.1, 0.15) is 19.3 Å². The first-order valence-electron chi connectivity index (χ1n) is 10.3. The van der Waals surface area contributed by atoms with Crippen LogP contribution in [0, 0.1) is 5.82 Å². The fraction of sp³-hybridized carbons (Fsp3) is 0.200. The lowest BCUT2D eigenvalue weighted by Crippen LogP contribution is -2.23. The van der Waals surface area contributed by atoms with Crippen molar-refractivity contribution < 1.29 is 9.13 Å². The van der Waals surface area contributed by atoms with Gasteiger partial charge in [0.15, 0.2) is 11.6 Å². The number of rotatable bonds is 8. The van der Waals surface area contributed by atoms with Gasteiger partial charge in [-0.1, -0.05) is 35.9 Å². The van der Waals surface area contributed by atoms with Gasteiger partial charge in [-0.2, -0.15) is 0 Å². The fourth-order valence-corrected chi connectivity index (χ4v) is 3.61. The molecule has 0 aliphatic rings. The van der Waals surface area contributed by atoms with Crippen molar-refractivity contribution >= 4 is 22.5 Å². The zero-order valence-corrected chi connectivity index (χ0v) is 17.7. The molecule has 3 aromatic carbocycles. The Morgan fingerprint density at radius 2 is 1.65 bits per heavy atom. The Morgan fingerprint density at radius 1 is 0.903 bits per heavy atom. The zero-order valence-electron chi connectivity index (χ0n) is 16.9. The lowest BCUT2D eigenvalue weighted by Gasteiger charge is -2.14. The molecule has 0 spiro atoms. The average molecular weight is 437 g/mol. The van der Waals surface area contributed by atoms with Gasteiger partial charge in [-0.25, -0.2) is 9.37 Å². The van der Waals surface area contributed by atoms with Gasteiger partial charge in [-0.15, -0.1) is 0 Å².